The highest BCUT2D eigenvalue weighted by Gasteiger charge is 2.20. The first-order valence-corrected chi connectivity index (χ1v) is 5.04. The summed E-state index contributed by atoms with van der Waals surface area (Å²) in [6.45, 7) is 0. The fraction of sp³-hybridized carbons (Fsp3) is 0.333. The number of halogens is 4. The van der Waals surface area contributed by atoms with Crippen molar-refractivity contribution in [1.82, 2.24) is 4.98 Å². The number of nitrogens with zero attached hydrogens (tertiary/aromatic N) is 1. The first-order chi connectivity index (χ1) is 7.51. The Labute approximate surface area is 100 Å². The number of hydrogen-bond acceptors (Lipinski definition) is 3. The molecule has 3 nitrogen and oxygen atoms in total. The maximum Gasteiger partial charge on any atom is 0.356 e. The van der Waals surface area contributed by atoms with Crippen molar-refractivity contribution in [3.05, 3.63) is 28.0 Å². The van der Waals surface area contributed by atoms with Gasteiger partial charge in [0.05, 0.1) is 13.0 Å². The van der Waals surface area contributed by atoms with Gasteiger partial charge in [0.2, 0.25) is 0 Å². The molecule has 7 heteroatoms. The molecule has 0 radical (unpaired) electrons. The first-order valence-electron chi connectivity index (χ1n) is 4.13. The van der Waals surface area contributed by atoms with Gasteiger partial charge in [-0.05, 0) is 6.07 Å². The van der Waals surface area contributed by atoms with Crippen molar-refractivity contribution in [2.75, 3.05) is 7.11 Å². The van der Waals surface area contributed by atoms with Crippen molar-refractivity contribution in [3.63, 3.8) is 0 Å². The molecule has 0 saturated carbocycles. The molecule has 0 N–H and O–H groups in total. The SMILES string of the molecule is COC(=O)c1cc(C(F)F)c(CCl)c(Cl)n1. The summed E-state index contributed by atoms with van der Waals surface area (Å²) in [5, 5.41) is -0.215. The third-order valence-electron chi connectivity index (χ3n) is 1.87. The highest BCUT2D eigenvalue weighted by atomic mass is 35.5. The molecular formula is C9H7Cl2F2NO2. The molecule has 0 bridgehead atoms. The second-order valence-electron chi connectivity index (χ2n) is 2.79. The fourth-order valence-corrected chi connectivity index (χ4v) is 1.71. The Balaban J connectivity index is 3.33. The molecule has 0 aliphatic carbocycles. The first kappa shape index (κ1) is 13.1. The zero-order chi connectivity index (χ0) is 12.3. The van der Waals surface area contributed by atoms with Gasteiger partial charge in [0, 0.05) is 11.1 Å². The van der Waals surface area contributed by atoms with Crippen molar-refractivity contribution in [2.24, 2.45) is 0 Å². The number of carbonyl (C=O) groups is 1. The summed E-state index contributed by atoms with van der Waals surface area (Å²) in [6.07, 6.45) is -2.78. The Kier molecular flexibility index (Phi) is 4.44. The van der Waals surface area contributed by atoms with Gasteiger partial charge in [0.25, 0.3) is 6.43 Å². The molecule has 0 amide bonds. The van der Waals surface area contributed by atoms with E-state index in [1.165, 1.54) is 0 Å². The van der Waals surface area contributed by atoms with E-state index in [0.29, 0.717) is 0 Å². The van der Waals surface area contributed by atoms with E-state index in [4.69, 9.17) is 23.2 Å². The van der Waals surface area contributed by atoms with Crippen LogP contribution in [0.1, 0.15) is 28.0 Å². The summed E-state index contributed by atoms with van der Waals surface area (Å²) in [4.78, 5) is 14.7. The summed E-state index contributed by atoms with van der Waals surface area (Å²) in [6, 6.07) is 0.931. The predicted molar refractivity (Wildman–Crippen MR) is 55.1 cm³/mol. The number of ether oxygens (including phenoxy) is 1. The number of aromatic nitrogens is 1. The minimum Gasteiger partial charge on any atom is -0.464 e. The Bertz CT molecular complexity index is 413. The van der Waals surface area contributed by atoms with Crippen LogP contribution in [-0.4, -0.2) is 18.1 Å². The normalized spacial score (nSPS) is 10.6. The van der Waals surface area contributed by atoms with Gasteiger partial charge in [-0.3, -0.25) is 0 Å². The Hall–Kier alpha value is -0.940. The van der Waals surface area contributed by atoms with E-state index in [1.54, 1.807) is 0 Å². The van der Waals surface area contributed by atoms with E-state index < -0.39 is 18.0 Å². The van der Waals surface area contributed by atoms with Crippen LogP contribution in [0.2, 0.25) is 5.15 Å². The van der Waals surface area contributed by atoms with Crippen LogP contribution in [0.25, 0.3) is 0 Å². The zero-order valence-electron chi connectivity index (χ0n) is 8.14. The molecule has 1 aromatic rings. The highest BCUT2D eigenvalue weighted by Crippen LogP contribution is 2.29. The number of carbonyl (C=O) groups excluding carboxylic acids is 1. The van der Waals surface area contributed by atoms with Crippen LogP contribution >= 0.6 is 23.2 Å². The Morgan fingerprint density at radius 1 is 1.62 bits per heavy atom. The summed E-state index contributed by atoms with van der Waals surface area (Å²) < 4.78 is 29.7. The average Bonchev–Trinajstić information content (AvgIpc) is 2.26. The molecule has 0 spiro atoms. The molecule has 0 saturated heterocycles. The zero-order valence-corrected chi connectivity index (χ0v) is 9.65. The molecule has 1 rings (SSSR count). The third kappa shape index (κ3) is 2.59. The molecule has 0 atom stereocenters. The number of hydrogen-bond donors (Lipinski definition) is 0. The van der Waals surface area contributed by atoms with Crippen molar-refractivity contribution < 1.29 is 18.3 Å². The number of pyridine rings is 1. The largest absolute Gasteiger partial charge is 0.464 e. The summed E-state index contributed by atoms with van der Waals surface area (Å²) in [7, 11) is 1.12. The number of esters is 1. The summed E-state index contributed by atoms with van der Waals surface area (Å²) >= 11 is 11.1. The van der Waals surface area contributed by atoms with E-state index in [2.05, 4.69) is 9.72 Å². The van der Waals surface area contributed by atoms with Gasteiger partial charge in [-0.25, -0.2) is 18.6 Å². The molecule has 16 heavy (non-hydrogen) atoms. The molecule has 1 aromatic heterocycles. The van der Waals surface area contributed by atoms with Crippen molar-refractivity contribution in [2.45, 2.75) is 12.3 Å². The molecule has 0 aromatic carbocycles. The van der Waals surface area contributed by atoms with Crippen molar-refractivity contribution in [1.29, 1.82) is 0 Å². The molecule has 1 heterocycles. The molecule has 0 fully saturated rings. The minimum absolute atomic E-state index is 0.0194. The van der Waals surface area contributed by atoms with Crippen LogP contribution in [0.5, 0.6) is 0 Å². The topological polar surface area (TPSA) is 39.2 Å². The quantitative estimate of drug-likeness (QED) is 0.481. The lowest BCUT2D eigenvalue weighted by atomic mass is 10.1. The Morgan fingerprint density at radius 2 is 2.25 bits per heavy atom. The molecular weight excluding hydrogens is 263 g/mol. The molecule has 0 unspecified atom stereocenters. The van der Waals surface area contributed by atoms with Crippen LogP contribution in [0.15, 0.2) is 6.07 Å². The van der Waals surface area contributed by atoms with Gasteiger partial charge in [0.15, 0.2) is 5.69 Å². The minimum atomic E-state index is -2.78. The fourth-order valence-electron chi connectivity index (χ4n) is 1.10. The van der Waals surface area contributed by atoms with E-state index in [1.807, 2.05) is 0 Å². The van der Waals surface area contributed by atoms with E-state index in [9.17, 15) is 13.6 Å². The standard InChI is InChI=1S/C9H7Cl2F2NO2/c1-16-9(15)6-2-4(8(12)13)5(3-10)7(11)14-6/h2,8H,3H2,1H3. The van der Waals surface area contributed by atoms with Crippen LogP contribution < -0.4 is 0 Å². The maximum atomic E-state index is 12.6. The number of methoxy groups -OCH3 is 1. The van der Waals surface area contributed by atoms with Crippen LogP contribution in [0, 0.1) is 0 Å². The molecule has 88 valence electrons. The predicted octanol–water partition coefficient (Wildman–Crippen LogP) is 3.20. The van der Waals surface area contributed by atoms with E-state index in [0.717, 1.165) is 13.2 Å². The van der Waals surface area contributed by atoms with Crippen LogP contribution in [-0.2, 0) is 10.6 Å². The van der Waals surface area contributed by atoms with Gasteiger partial charge < -0.3 is 4.74 Å². The second-order valence-corrected chi connectivity index (χ2v) is 3.42. The van der Waals surface area contributed by atoms with Crippen molar-refractivity contribution >= 4 is 29.2 Å². The average molecular weight is 270 g/mol. The van der Waals surface area contributed by atoms with E-state index >= 15 is 0 Å². The van der Waals surface area contributed by atoms with Gasteiger partial charge in [-0.15, -0.1) is 11.6 Å². The monoisotopic (exact) mass is 269 g/mol. The second kappa shape index (κ2) is 5.41. The number of alkyl halides is 3. The van der Waals surface area contributed by atoms with Gasteiger partial charge in [-0.1, -0.05) is 11.6 Å². The Morgan fingerprint density at radius 3 is 2.69 bits per heavy atom. The van der Waals surface area contributed by atoms with Gasteiger partial charge >= 0.3 is 5.97 Å². The summed E-state index contributed by atoms with van der Waals surface area (Å²) in [5.41, 5.74) is -0.655. The number of rotatable bonds is 3. The highest BCUT2D eigenvalue weighted by molar-refractivity contribution is 6.31. The van der Waals surface area contributed by atoms with Crippen molar-refractivity contribution in [3.8, 4) is 0 Å². The van der Waals surface area contributed by atoms with Crippen LogP contribution in [0.3, 0.4) is 0 Å². The molecule has 0 aliphatic rings. The maximum absolute atomic E-state index is 12.6. The smallest absolute Gasteiger partial charge is 0.356 e. The van der Waals surface area contributed by atoms with Crippen LogP contribution in [0.4, 0.5) is 8.78 Å². The third-order valence-corrected chi connectivity index (χ3v) is 2.45. The van der Waals surface area contributed by atoms with Gasteiger partial charge in [-0.2, -0.15) is 0 Å². The summed E-state index contributed by atoms with van der Waals surface area (Å²) in [5.74, 6) is -1.03. The van der Waals surface area contributed by atoms with Gasteiger partial charge in [0.1, 0.15) is 5.15 Å². The lowest BCUT2D eigenvalue weighted by Crippen LogP contribution is -2.08. The lowest BCUT2D eigenvalue weighted by molar-refractivity contribution is 0.0593. The molecule has 0 aliphatic heterocycles. The van der Waals surface area contributed by atoms with E-state index in [-0.39, 0.29) is 22.3 Å². The lowest BCUT2D eigenvalue weighted by Gasteiger charge is -2.09.